The molecule has 0 spiro atoms. The Labute approximate surface area is 143 Å². The van der Waals surface area contributed by atoms with Crippen molar-refractivity contribution in [3.63, 3.8) is 0 Å². The van der Waals surface area contributed by atoms with Gasteiger partial charge in [0.1, 0.15) is 0 Å². The lowest BCUT2D eigenvalue weighted by Gasteiger charge is -2.20. The number of aliphatic imine (C=N–C) groups is 2. The first-order valence-corrected chi connectivity index (χ1v) is 7.52. The Morgan fingerprint density at radius 2 is 2.17 bits per heavy atom. The van der Waals surface area contributed by atoms with Crippen LogP contribution in [0, 0.1) is 23.8 Å². The molecule has 120 valence electrons. The molecule has 0 aliphatic rings. The zero-order valence-electron chi connectivity index (χ0n) is 12.5. The summed E-state index contributed by atoms with van der Waals surface area (Å²) in [5.74, 6) is 2.46. The van der Waals surface area contributed by atoms with Gasteiger partial charge in [0.15, 0.2) is 5.96 Å². The maximum absolute atomic E-state index is 8.67. The minimum Gasteiger partial charge on any atom is -0.370 e. The molecule has 9 heteroatoms. The molecule has 0 unspecified atom stereocenters. The van der Waals surface area contributed by atoms with Crippen LogP contribution in [-0.4, -0.2) is 23.4 Å². The van der Waals surface area contributed by atoms with E-state index in [0.29, 0.717) is 16.5 Å². The highest BCUT2D eigenvalue weighted by Crippen LogP contribution is 2.29. The van der Waals surface area contributed by atoms with E-state index in [-0.39, 0.29) is 18.5 Å². The minimum atomic E-state index is -0.0506. The van der Waals surface area contributed by atoms with E-state index in [2.05, 4.69) is 20.9 Å². The van der Waals surface area contributed by atoms with Gasteiger partial charge in [0.25, 0.3) is 0 Å². The molecule has 0 bridgehead atoms. The van der Waals surface area contributed by atoms with E-state index in [0.717, 1.165) is 5.56 Å². The Balaban J connectivity index is 2.39. The molecule has 8 nitrogen and oxygen atoms in total. The number of thiazole rings is 1. The lowest BCUT2D eigenvalue weighted by molar-refractivity contribution is 1.14. The van der Waals surface area contributed by atoms with Crippen LogP contribution in [0.1, 0.15) is 0 Å². The second kappa shape index (κ2) is 7.63. The zero-order valence-corrected chi connectivity index (χ0v) is 13.4. The van der Waals surface area contributed by atoms with E-state index in [1.165, 1.54) is 11.3 Å². The number of terminal acetylenes is 1. The molecule has 0 fully saturated rings. The number of nitrogens with zero attached hydrogens (tertiary/aromatic N) is 5. The summed E-state index contributed by atoms with van der Waals surface area (Å²) in [4.78, 5) is 13.3. The van der Waals surface area contributed by atoms with Crippen molar-refractivity contribution < 1.29 is 0 Å². The Morgan fingerprint density at radius 3 is 2.83 bits per heavy atom. The van der Waals surface area contributed by atoms with Crippen LogP contribution < -0.4 is 22.1 Å². The summed E-state index contributed by atoms with van der Waals surface area (Å²) in [6.45, 7) is 0.177. The van der Waals surface area contributed by atoms with E-state index < -0.39 is 0 Å². The molecule has 24 heavy (non-hydrogen) atoms. The lowest BCUT2D eigenvalue weighted by atomic mass is 10.1. The fourth-order valence-electron chi connectivity index (χ4n) is 1.90. The van der Waals surface area contributed by atoms with Crippen LogP contribution in [0.2, 0.25) is 0 Å². The number of nitriles is 1. The van der Waals surface area contributed by atoms with Crippen LogP contribution in [-0.2, 0) is 0 Å². The average molecular weight is 338 g/mol. The van der Waals surface area contributed by atoms with Gasteiger partial charge in [-0.1, -0.05) is 18.1 Å². The maximum Gasteiger partial charge on any atom is 0.212 e. The smallest absolute Gasteiger partial charge is 0.212 e. The quantitative estimate of drug-likeness (QED) is 0.328. The second-order valence-corrected chi connectivity index (χ2v) is 5.30. The van der Waals surface area contributed by atoms with Gasteiger partial charge in [-0.15, -0.1) is 22.8 Å². The molecule has 6 N–H and O–H groups in total. The fraction of sp³-hybridized carbons (Fsp3) is 0.0667. The van der Waals surface area contributed by atoms with Gasteiger partial charge in [-0.25, -0.2) is 4.98 Å². The van der Waals surface area contributed by atoms with Gasteiger partial charge in [-0.3, -0.25) is 0 Å². The number of guanidine groups is 2. The molecule has 0 saturated carbocycles. The van der Waals surface area contributed by atoms with Crippen molar-refractivity contribution in [3.8, 4) is 29.8 Å². The molecule has 0 radical (unpaired) electrons. The highest BCUT2D eigenvalue weighted by Gasteiger charge is 2.12. The summed E-state index contributed by atoms with van der Waals surface area (Å²) >= 11 is 1.32. The van der Waals surface area contributed by atoms with E-state index in [1.807, 2.05) is 29.6 Å². The summed E-state index contributed by atoms with van der Waals surface area (Å²) < 4.78 is 0. The highest BCUT2D eigenvalue weighted by molar-refractivity contribution is 7.13. The van der Waals surface area contributed by atoms with Gasteiger partial charge in [0.05, 0.1) is 12.2 Å². The van der Waals surface area contributed by atoms with Crippen LogP contribution in [0.25, 0.3) is 11.3 Å². The van der Waals surface area contributed by atoms with Crippen molar-refractivity contribution in [3.05, 3.63) is 29.6 Å². The Morgan fingerprint density at radius 1 is 1.38 bits per heavy atom. The molecule has 1 heterocycles. The number of rotatable bonds is 4. The summed E-state index contributed by atoms with van der Waals surface area (Å²) in [5, 5.41) is 11.0. The summed E-state index contributed by atoms with van der Waals surface area (Å²) in [7, 11) is 0. The first-order chi connectivity index (χ1) is 11.5. The number of nitrogens with two attached hydrogens (primary N) is 3. The molecular weight excluding hydrogens is 324 g/mol. The van der Waals surface area contributed by atoms with Crippen LogP contribution in [0.4, 0.5) is 10.8 Å². The van der Waals surface area contributed by atoms with E-state index >= 15 is 0 Å². The second-order valence-electron chi connectivity index (χ2n) is 4.46. The topological polar surface area (TPSA) is 143 Å². The molecule has 1 aromatic carbocycles. The largest absolute Gasteiger partial charge is 0.370 e. The van der Waals surface area contributed by atoms with Crippen molar-refractivity contribution in [2.75, 3.05) is 11.4 Å². The molecule has 0 saturated heterocycles. The molecule has 0 aliphatic heterocycles. The van der Waals surface area contributed by atoms with Crippen molar-refractivity contribution in [1.29, 1.82) is 5.26 Å². The summed E-state index contributed by atoms with van der Waals surface area (Å²) in [6.07, 6.45) is 7.01. The van der Waals surface area contributed by atoms with Crippen molar-refractivity contribution in [1.82, 2.24) is 4.98 Å². The van der Waals surface area contributed by atoms with E-state index in [1.54, 1.807) is 11.1 Å². The predicted molar refractivity (Wildman–Crippen MR) is 96.4 cm³/mol. The minimum absolute atomic E-state index is 0.0204. The summed E-state index contributed by atoms with van der Waals surface area (Å²) in [6, 6.07) is 7.35. The van der Waals surface area contributed by atoms with Crippen LogP contribution in [0.5, 0.6) is 0 Å². The first kappa shape index (κ1) is 16.8. The van der Waals surface area contributed by atoms with Gasteiger partial charge in [0, 0.05) is 16.6 Å². The summed E-state index contributed by atoms with van der Waals surface area (Å²) in [5.41, 5.74) is 18.7. The Kier molecular flexibility index (Phi) is 5.34. The van der Waals surface area contributed by atoms with Crippen molar-refractivity contribution in [2.24, 2.45) is 27.2 Å². The third kappa shape index (κ3) is 4.00. The molecule has 0 atom stereocenters. The molecule has 0 aliphatic carbocycles. The van der Waals surface area contributed by atoms with Crippen molar-refractivity contribution in [2.45, 2.75) is 0 Å². The monoisotopic (exact) mass is 338 g/mol. The number of benzene rings is 1. The third-order valence-electron chi connectivity index (χ3n) is 2.86. The van der Waals surface area contributed by atoms with Gasteiger partial charge in [-0.2, -0.15) is 10.3 Å². The normalized spacial score (nSPS) is 10.5. The van der Waals surface area contributed by atoms with E-state index in [9.17, 15) is 0 Å². The maximum atomic E-state index is 8.67. The van der Waals surface area contributed by atoms with Gasteiger partial charge >= 0.3 is 0 Å². The molecular formula is C15H14N8S. The van der Waals surface area contributed by atoms with Gasteiger partial charge < -0.3 is 22.1 Å². The standard InChI is InChI=1S/C15H14N8S/c1-2-6-23(14(19)20-9-16)11-5-3-4-10(7-11)12-8-24-15(21-12)22-13(17)18/h1,3-5,7-8H,6H2,(H2,19,20)(H4,17,18,21,22). The molecule has 2 aromatic rings. The number of anilines is 1. The third-order valence-corrected chi connectivity index (χ3v) is 3.60. The zero-order chi connectivity index (χ0) is 17.5. The predicted octanol–water partition coefficient (Wildman–Crippen LogP) is 0.950. The van der Waals surface area contributed by atoms with Gasteiger partial charge in [-0.05, 0) is 12.1 Å². The number of aromatic nitrogens is 1. The molecule has 1 aromatic heterocycles. The highest BCUT2D eigenvalue weighted by atomic mass is 32.1. The van der Waals surface area contributed by atoms with Crippen LogP contribution in [0.15, 0.2) is 39.6 Å². The first-order valence-electron chi connectivity index (χ1n) is 6.64. The van der Waals surface area contributed by atoms with Crippen molar-refractivity contribution >= 4 is 34.1 Å². The fourth-order valence-corrected chi connectivity index (χ4v) is 2.61. The number of hydrogen-bond acceptors (Lipinski definition) is 5. The van der Waals surface area contributed by atoms with Gasteiger partial charge in [0.2, 0.25) is 17.3 Å². The number of hydrogen-bond donors (Lipinski definition) is 3. The van der Waals surface area contributed by atoms with E-state index in [4.69, 9.17) is 28.9 Å². The Hall–Kier alpha value is -3.56. The average Bonchev–Trinajstić information content (AvgIpc) is 3.00. The molecule has 0 amide bonds. The lowest BCUT2D eigenvalue weighted by Crippen LogP contribution is -2.37. The Bertz CT molecular complexity index is 864. The SMILES string of the molecule is C#CCN(C(N)=NC#N)c1cccc(-c2csc(N=C(N)N)n2)c1. The van der Waals surface area contributed by atoms with Crippen LogP contribution in [0.3, 0.4) is 0 Å². The van der Waals surface area contributed by atoms with Crippen LogP contribution >= 0.6 is 11.3 Å². The molecule has 2 rings (SSSR count).